The van der Waals surface area contributed by atoms with Crippen LogP contribution in [0.25, 0.3) is 17.0 Å². The maximum atomic E-state index is 12.5. The zero-order valence-corrected chi connectivity index (χ0v) is 20.1. The standard InChI is InChI=1S/C24H22Cl2N2O4S/c1-27-10-8-15-12-16(4-5-18(15)27)33-20-6-2-14(22(25)23(20)26)3-7-21(30)28-11-9-19(29)17(13-28)24(31)32/h2-8,10,12,17,19,29H,9,11,13H2,1H3,(H,31,32)/b7-3+. The Balaban J connectivity index is 1.48. The molecule has 1 aliphatic rings. The molecule has 0 spiro atoms. The van der Waals surface area contributed by atoms with E-state index < -0.39 is 18.0 Å². The van der Waals surface area contributed by atoms with Crippen molar-refractivity contribution < 1.29 is 19.8 Å². The van der Waals surface area contributed by atoms with Crippen LogP contribution in [0.3, 0.4) is 0 Å². The number of carbonyl (C=O) groups excluding carboxylic acids is 1. The Morgan fingerprint density at radius 3 is 2.70 bits per heavy atom. The van der Waals surface area contributed by atoms with E-state index in [0.29, 0.717) is 22.2 Å². The fraction of sp³-hybridized carbons (Fsp3) is 0.250. The first-order valence-electron chi connectivity index (χ1n) is 10.3. The van der Waals surface area contributed by atoms with Gasteiger partial charge in [-0.05, 0) is 48.4 Å². The number of fused-ring (bicyclic) bond motifs is 1. The first-order valence-corrected chi connectivity index (χ1v) is 11.9. The molecule has 6 nitrogen and oxygen atoms in total. The van der Waals surface area contributed by atoms with Gasteiger partial charge in [-0.1, -0.05) is 41.0 Å². The fourth-order valence-corrected chi connectivity index (χ4v) is 5.33. The summed E-state index contributed by atoms with van der Waals surface area (Å²) < 4.78 is 2.06. The SMILES string of the molecule is Cn1ccc2cc(Sc3ccc(/C=C/C(=O)N4CCC(O)C(C(=O)O)C4)c(Cl)c3Cl)ccc21. The smallest absolute Gasteiger partial charge is 0.310 e. The number of benzene rings is 2. The molecule has 3 aromatic rings. The van der Waals surface area contributed by atoms with E-state index in [4.69, 9.17) is 23.2 Å². The average molecular weight is 505 g/mol. The van der Waals surface area contributed by atoms with Crippen LogP contribution in [0.1, 0.15) is 12.0 Å². The second kappa shape index (κ2) is 9.81. The molecule has 0 radical (unpaired) electrons. The van der Waals surface area contributed by atoms with Crippen LogP contribution in [0.4, 0.5) is 0 Å². The predicted molar refractivity (Wildman–Crippen MR) is 131 cm³/mol. The Morgan fingerprint density at radius 2 is 1.94 bits per heavy atom. The van der Waals surface area contributed by atoms with Crippen LogP contribution in [0.5, 0.6) is 0 Å². The largest absolute Gasteiger partial charge is 0.481 e. The quantitative estimate of drug-likeness (QED) is 0.480. The van der Waals surface area contributed by atoms with Gasteiger partial charge in [-0.15, -0.1) is 0 Å². The van der Waals surface area contributed by atoms with E-state index in [2.05, 4.69) is 22.8 Å². The van der Waals surface area contributed by atoms with Crippen LogP contribution in [0.2, 0.25) is 10.0 Å². The monoisotopic (exact) mass is 504 g/mol. The second-order valence-corrected chi connectivity index (χ2v) is 9.82. The number of aliphatic carboxylic acids is 1. The number of carbonyl (C=O) groups is 2. The maximum absolute atomic E-state index is 12.5. The molecule has 1 fully saturated rings. The zero-order chi connectivity index (χ0) is 23.7. The number of aliphatic hydroxyl groups is 1. The van der Waals surface area contributed by atoms with Crippen molar-refractivity contribution in [2.75, 3.05) is 13.1 Å². The number of likely N-dealkylation sites (tertiary alicyclic amines) is 1. The van der Waals surface area contributed by atoms with E-state index >= 15 is 0 Å². The van der Waals surface area contributed by atoms with Crippen LogP contribution in [0.15, 0.2) is 58.5 Å². The van der Waals surface area contributed by atoms with Crippen molar-refractivity contribution >= 4 is 63.8 Å². The Bertz CT molecular complexity index is 1260. The van der Waals surface area contributed by atoms with Gasteiger partial charge in [0.25, 0.3) is 0 Å². The number of carboxylic acid groups (broad SMARTS) is 1. The summed E-state index contributed by atoms with van der Waals surface area (Å²) in [6.45, 7) is 0.263. The van der Waals surface area contributed by atoms with Crippen molar-refractivity contribution in [2.45, 2.75) is 22.3 Å². The highest BCUT2D eigenvalue weighted by Gasteiger charge is 2.34. The van der Waals surface area contributed by atoms with Gasteiger partial charge in [-0.25, -0.2) is 0 Å². The van der Waals surface area contributed by atoms with Crippen molar-refractivity contribution in [3.05, 3.63) is 64.3 Å². The molecule has 0 saturated carbocycles. The molecular weight excluding hydrogens is 483 g/mol. The Kier molecular flexibility index (Phi) is 7.05. The Hall–Kier alpha value is -2.45. The first kappa shape index (κ1) is 23.7. The van der Waals surface area contributed by atoms with Crippen LogP contribution >= 0.6 is 35.0 Å². The summed E-state index contributed by atoms with van der Waals surface area (Å²) >= 11 is 14.5. The molecule has 1 amide bonds. The summed E-state index contributed by atoms with van der Waals surface area (Å²) in [7, 11) is 2.00. The van der Waals surface area contributed by atoms with Gasteiger partial charge in [0.1, 0.15) is 5.92 Å². The molecular formula is C24H22Cl2N2O4S. The van der Waals surface area contributed by atoms with E-state index in [1.54, 1.807) is 12.1 Å². The Labute approximate surface area is 205 Å². The van der Waals surface area contributed by atoms with E-state index in [0.717, 1.165) is 20.7 Å². The number of hydrogen-bond donors (Lipinski definition) is 2. The van der Waals surface area contributed by atoms with Gasteiger partial charge in [0, 0.05) is 53.1 Å². The minimum Gasteiger partial charge on any atom is -0.481 e. The van der Waals surface area contributed by atoms with Crippen LogP contribution in [-0.4, -0.2) is 50.8 Å². The van der Waals surface area contributed by atoms with Gasteiger partial charge in [-0.2, -0.15) is 0 Å². The predicted octanol–water partition coefficient (Wildman–Crippen LogP) is 4.94. The van der Waals surface area contributed by atoms with Crippen molar-refractivity contribution in [2.24, 2.45) is 13.0 Å². The summed E-state index contributed by atoms with van der Waals surface area (Å²) in [6.07, 6.45) is 4.21. The molecule has 0 bridgehead atoms. The van der Waals surface area contributed by atoms with Gasteiger partial charge in [0.15, 0.2) is 0 Å². The third kappa shape index (κ3) is 5.06. The van der Waals surface area contributed by atoms with Crippen LogP contribution < -0.4 is 0 Å². The fourth-order valence-electron chi connectivity index (χ4n) is 3.85. The third-order valence-corrected chi connectivity index (χ3v) is 7.83. The zero-order valence-electron chi connectivity index (χ0n) is 17.7. The minimum atomic E-state index is -1.11. The molecule has 1 aliphatic heterocycles. The summed E-state index contributed by atoms with van der Waals surface area (Å²) in [6, 6.07) is 11.9. The van der Waals surface area contributed by atoms with Crippen molar-refractivity contribution in [1.29, 1.82) is 0 Å². The van der Waals surface area contributed by atoms with Gasteiger partial charge in [0.05, 0.1) is 16.1 Å². The van der Waals surface area contributed by atoms with Gasteiger partial charge in [-0.3, -0.25) is 9.59 Å². The molecule has 2 heterocycles. The number of aliphatic hydroxyl groups excluding tert-OH is 1. The molecule has 9 heteroatoms. The molecule has 1 aromatic heterocycles. The van der Waals surface area contributed by atoms with Crippen molar-refractivity contribution in [3.8, 4) is 0 Å². The number of halogens is 2. The molecule has 0 aliphatic carbocycles. The number of aromatic nitrogens is 1. The number of hydrogen-bond acceptors (Lipinski definition) is 4. The summed E-state index contributed by atoms with van der Waals surface area (Å²) in [4.78, 5) is 27.1. The number of aryl methyl sites for hydroxylation is 1. The van der Waals surface area contributed by atoms with E-state index in [-0.39, 0.29) is 18.9 Å². The van der Waals surface area contributed by atoms with E-state index in [1.807, 2.05) is 25.4 Å². The lowest BCUT2D eigenvalue weighted by Crippen LogP contribution is -2.48. The highest BCUT2D eigenvalue weighted by Crippen LogP contribution is 2.40. The van der Waals surface area contributed by atoms with Crippen LogP contribution in [-0.2, 0) is 16.6 Å². The number of amides is 1. The molecule has 2 aromatic carbocycles. The highest BCUT2D eigenvalue weighted by molar-refractivity contribution is 7.99. The second-order valence-electron chi connectivity index (χ2n) is 7.95. The lowest BCUT2D eigenvalue weighted by Gasteiger charge is -2.33. The topological polar surface area (TPSA) is 82.8 Å². The summed E-state index contributed by atoms with van der Waals surface area (Å²) in [5.41, 5.74) is 1.73. The number of piperidine rings is 1. The third-order valence-electron chi connectivity index (χ3n) is 5.77. The van der Waals surface area contributed by atoms with E-state index in [1.165, 1.54) is 22.7 Å². The molecule has 172 valence electrons. The molecule has 2 atom stereocenters. The molecule has 33 heavy (non-hydrogen) atoms. The molecule has 2 N–H and O–H groups in total. The highest BCUT2D eigenvalue weighted by atomic mass is 35.5. The lowest BCUT2D eigenvalue weighted by atomic mass is 9.95. The number of rotatable bonds is 5. The van der Waals surface area contributed by atoms with Crippen molar-refractivity contribution in [3.63, 3.8) is 0 Å². The van der Waals surface area contributed by atoms with E-state index in [9.17, 15) is 19.8 Å². The minimum absolute atomic E-state index is 0.0322. The average Bonchev–Trinajstić information content (AvgIpc) is 3.16. The van der Waals surface area contributed by atoms with Gasteiger partial charge >= 0.3 is 5.97 Å². The van der Waals surface area contributed by atoms with Crippen molar-refractivity contribution in [1.82, 2.24) is 9.47 Å². The normalized spacial score (nSPS) is 18.8. The summed E-state index contributed by atoms with van der Waals surface area (Å²) in [5.74, 6) is -2.44. The van der Waals surface area contributed by atoms with Gasteiger partial charge < -0.3 is 19.7 Å². The lowest BCUT2D eigenvalue weighted by molar-refractivity contribution is -0.150. The molecule has 1 saturated heterocycles. The molecule has 2 unspecified atom stereocenters. The number of carboxylic acids is 1. The number of nitrogens with zero attached hydrogens (tertiary/aromatic N) is 2. The first-order chi connectivity index (χ1) is 15.7. The Morgan fingerprint density at radius 1 is 1.15 bits per heavy atom. The van der Waals surface area contributed by atoms with Gasteiger partial charge in [0.2, 0.25) is 5.91 Å². The molecule has 4 rings (SSSR count). The maximum Gasteiger partial charge on any atom is 0.310 e. The summed E-state index contributed by atoms with van der Waals surface area (Å²) in [5, 5.41) is 20.9. The van der Waals surface area contributed by atoms with Crippen LogP contribution in [0, 0.1) is 5.92 Å².